The number of amides is 1. The summed E-state index contributed by atoms with van der Waals surface area (Å²) in [5, 5.41) is 6.49. The van der Waals surface area contributed by atoms with Gasteiger partial charge in [0.1, 0.15) is 5.82 Å². The van der Waals surface area contributed by atoms with E-state index in [0.717, 1.165) is 11.8 Å². The topological polar surface area (TPSA) is 111 Å². The van der Waals surface area contributed by atoms with Crippen molar-refractivity contribution in [3.05, 3.63) is 113 Å². The number of hydrogen-bond donors (Lipinski definition) is 2. The van der Waals surface area contributed by atoms with Crippen LogP contribution in [-0.4, -0.2) is 60.2 Å². The minimum atomic E-state index is -1.04. The molecule has 47 heavy (non-hydrogen) atoms. The van der Waals surface area contributed by atoms with Gasteiger partial charge in [0.15, 0.2) is 23.1 Å². The molecule has 0 aliphatic rings. The first-order valence-corrected chi connectivity index (χ1v) is 14.7. The second-order valence-electron chi connectivity index (χ2n) is 11.0. The van der Waals surface area contributed by atoms with Gasteiger partial charge in [0.25, 0.3) is 5.56 Å². The number of ether oxygens (including phenoxy) is 2. The van der Waals surface area contributed by atoms with Gasteiger partial charge in [0, 0.05) is 60.1 Å². The number of rotatable bonds is 11. The molecule has 0 aliphatic heterocycles. The van der Waals surface area contributed by atoms with E-state index in [2.05, 4.69) is 20.6 Å². The Labute approximate surface area is 270 Å². The highest BCUT2D eigenvalue weighted by Gasteiger charge is 2.26. The van der Waals surface area contributed by atoms with E-state index in [1.807, 2.05) is 19.0 Å². The fraction of sp³-hybridized carbons (Fsp3) is 0.200. The van der Waals surface area contributed by atoms with Crippen LogP contribution in [0.4, 0.5) is 26.0 Å². The highest BCUT2D eigenvalue weighted by molar-refractivity contribution is 5.99. The quantitative estimate of drug-likeness (QED) is 0.165. The van der Waals surface area contributed by atoms with Gasteiger partial charge in [-0.3, -0.25) is 14.6 Å². The van der Waals surface area contributed by atoms with Crippen LogP contribution in [0.25, 0.3) is 22.0 Å². The van der Waals surface area contributed by atoms with Crippen LogP contribution in [-0.2, 0) is 4.79 Å². The van der Waals surface area contributed by atoms with E-state index in [1.165, 1.54) is 37.1 Å². The first-order valence-electron chi connectivity index (χ1n) is 14.7. The molecule has 1 amide bonds. The maximum Gasteiger partial charge on any atom is 0.259 e. The Kier molecular flexibility index (Phi) is 9.91. The Balaban J connectivity index is 1.68. The highest BCUT2D eigenvalue weighted by atomic mass is 19.1. The Morgan fingerprint density at radius 3 is 2.36 bits per heavy atom. The van der Waals surface area contributed by atoms with Crippen molar-refractivity contribution in [2.75, 3.05) is 45.5 Å². The van der Waals surface area contributed by atoms with Crippen LogP contribution in [0.3, 0.4) is 0 Å². The molecule has 3 aromatic heterocycles. The van der Waals surface area contributed by atoms with Gasteiger partial charge in [-0.2, -0.15) is 0 Å². The molecule has 0 aliphatic carbocycles. The molecule has 3 heterocycles. The van der Waals surface area contributed by atoms with Gasteiger partial charge in [-0.05, 0) is 56.9 Å². The second-order valence-corrected chi connectivity index (χ2v) is 11.0. The molecule has 0 radical (unpaired) electrons. The van der Waals surface area contributed by atoms with Crippen molar-refractivity contribution in [2.24, 2.45) is 0 Å². The predicted molar refractivity (Wildman–Crippen MR) is 179 cm³/mol. The monoisotopic (exact) mass is 640 g/mol. The lowest BCUT2D eigenvalue weighted by molar-refractivity contribution is -0.111. The Bertz CT molecular complexity index is 1990. The van der Waals surface area contributed by atoms with Crippen LogP contribution in [0.15, 0.2) is 90.1 Å². The van der Waals surface area contributed by atoms with Gasteiger partial charge in [0.2, 0.25) is 5.91 Å². The molecule has 0 bridgehead atoms. The molecule has 242 valence electrons. The summed E-state index contributed by atoms with van der Waals surface area (Å²) in [5.74, 6) is -2.53. The number of fused-ring (bicyclic) bond motifs is 1. The molecule has 2 N–H and O–H groups in total. The van der Waals surface area contributed by atoms with E-state index in [-0.39, 0.29) is 23.0 Å². The van der Waals surface area contributed by atoms with E-state index in [4.69, 9.17) is 9.47 Å². The fourth-order valence-corrected chi connectivity index (χ4v) is 5.15. The van der Waals surface area contributed by atoms with Gasteiger partial charge >= 0.3 is 0 Å². The normalized spacial score (nSPS) is 12.0. The summed E-state index contributed by atoms with van der Waals surface area (Å²) in [6.07, 6.45) is 7.98. The molecule has 2 aromatic carbocycles. The summed E-state index contributed by atoms with van der Waals surface area (Å²) in [4.78, 5) is 37.4. The molecule has 0 saturated carbocycles. The molecule has 12 heteroatoms. The predicted octanol–water partition coefficient (Wildman–Crippen LogP) is 6.16. The molecule has 0 spiro atoms. The van der Waals surface area contributed by atoms with Gasteiger partial charge in [-0.15, -0.1) is 0 Å². The lowest BCUT2D eigenvalue weighted by atomic mass is 10.0. The first-order chi connectivity index (χ1) is 22.6. The first kappa shape index (κ1) is 32.8. The minimum Gasteiger partial charge on any atom is -0.494 e. The standard InChI is InChI=1S/C35H34F2N6O4/c1-21(22-8-6-9-25(16-22)41-31(44)10-7-15-42(2)3)43-27-18-30(40-24-11-13-38-14-12-24)39-20-23(27)17-26(35(43)45)32-33(36)28(46-4)19-29(47-5)34(32)37/h6-14,16-21H,15H2,1-5H3,(H,41,44)(H,38,39,40)/b10-7+. The summed E-state index contributed by atoms with van der Waals surface area (Å²) in [6.45, 7) is 2.39. The Morgan fingerprint density at radius 1 is 1.00 bits per heavy atom. The molecule has 0 saturated heterocycles. The fourth-order valence-electron chi connectivity index (χ4n) is 5.15. The number of likely N-dealkylation sites (N-methyl/N-ethyl adjacent to an activating group) is 1. The summed E-state index contributed by atoms with van der Waals surface area (Å²) in [5.41, 5.74) is 0.849. The number of nitrogens with zero attached hydrogens (tertiary/aromatic N) is 4. The second kappa shape index (κ2) is 14.2. The zero-order valence-electron chi connectivity index (χ0n) is 26.5. The van der Waals surface area contributed by atoms with Crippen molar-refractivity contribution in [3.63, 3.8) is 0 Å². The molecule has 1 atom stereocenters. The number of benzene rings is 2. The smallest absolute Gasteiger partial charge is 0.259 e. The molecule has 10 nitrogen and oxygen atoms in total. The van der Waals surface area contributed by atoms with Crippen molar-refractivity contribution in [1.29, 1.82) is 0 Å². The molecule has 5 aromatic rings. The molecular formula is C35H34F2N6O4. The number of methoxy groups -OCH3 is 2. The number of carbonyl (C=O) groups excluding carboxylic acids is 1. The van der Waals surface area contributed by atoms with Crippen molar-refractivity contribution in [3.8, 4) is 22.6 Å². The van der Waals surface area contributed by atoms with E-state index >= 15 is 8.78 Å². The number of nitrogens with one attached hydrogen (secondary N) is 2. The Morgan fingerprint density at radius 2 is 1.70 bits per heavy atom. The lowest BCUT2D eigenvalue weighted by Gasteiger charge is -2.22. The zero-order chi connectivity index (χ0) is 33.7. The average Bonchev–Trinajstić information content (AvgIpc) is 3.05. The summed E-state index contributed by atoms with van der Waals surface area (Å²) in [7, 11) is 6.28. The van der Waals surface area contributed by atoms with Crippen molar-refractivity contribution in [1.82, 2.24) is 19.4 Å². The van der Waals surface area contributed by atoms with Crippen molar-refractivity contribution in [2.45, 2.75) is 13.0 Å². The molecular weight excluding hydrogens is 606 g/mol. The molecule has 1 unspecified atom stereocenters. The largest absolute Gasteiger partial charge is 0.494 e. The minimum absolute atomic E-state index is 0.247. The summed E-state index contributed by atoms with van der Waals surface area (Å²) < 4.78 is 43.2. The van der Waals surface area contributed by atoms with Crippen LogP contribution < -0.4 is 25.7 Å². The average molecular weight is 641 g/mol. The van der Waals surface area contributed by atoms with E-state index in [9.17, 15) is 9.59 Å². The van der Waals surface area contributed by atoms with Crippen molar-refractivity contribution >= 4 is 34.0 Å². The van der Waals surface area contributed by atoms with Crippen LogP contribution in [0, 0.1) is 11.6 Å². The zero-order valence-corrected chi connectivity index (χ0v) is 26.5. The van der Waals surface area contributed by atoms with Crippen LogP contribution in [0.1, 0.15) is 18.5 Å². The van der Waals surface area contributed by atoms with Crippen LogP contribution >= 0.6 is 0 Å². The molecule has 0 fully saturated rings. The third-order valence-electron chi connectivity index (χ3n) is 7.48. The number of anilines is 3. The summed E-state index contributed by atoms with van der Waals surface area (Å²) in [6, 6.07) is 14.1. The third-order valence-corrected chi connectivity index (χ3v) is 7.48. The van der Waals surface area contributed by atoms with Crippen LogP contribution in [0.2, 0.25) is 0 Å². The van der Waals surface area contributed by atoms with Crippen molar-refractivity contribution < 1.29 is 23.0 Å². The van der Waals surface area contributed by atoms with Crippen LogP contribution in [0.5, 0.6) is 11.5 Å². The maximum absolute atomic E-state index is 15.7. The lowest BCUT2D eigenvalue weighted by Crippen LogP contribution is -2.26. The third kappa shape index (κ3) is 7.12. The summed E-state index contributed by atoms with van der Waals surface area (Å²) >= 11 is 0. The number of pyridine rings is 3. The highest BCUT2D eigenvalue weighted by Crippen LogP contribution is 2.38. The Hall–Kier alpha value is -5.62. The number of hydrogen-bond acceptors (Lipinski definition) is 8. The maximum atomic E-state index is 15.7. The van der Waals surface area contributed by atoms with Gasteiger partial charge in [-0.1, -0.05) is 18.2 Å². The molecule has 5 rings (SSSR count). The number of carbonyl (C=O) groups is 1. The van der Waals surface area contributed by atoms with E-state index < -0.39 is 28.8 Å². The number of halogens is 2. The van der Waals surface area contributed by atoms with Gasteiger partial charge < -0.3 is 29.6 Å². The van der Waals surface area contributed by atoms with Gasteiger partial charge in [-0.25, -0.2) is 13.8 Å². The van der Waals surface area contributed by atoms with E-state index in [1.54, 1.807) is 67.9 Å². The SMILES string of the molecule is COc1cc(OC)c(F)c(-c2cc3cnc(Nc4ccncc4)cc3n(C(C)c3cccc(NC(=O)/C=C/CN(C)C)c3)c2=O)c1F. The number of aromatic nitrogens is 3. The van der Waals surface area contributed by atoms with E-state index in [0.29, 0.717) is 34.5 Å². The van der Waals surface area contributed by atoms with Gasteiger partial charge in [0.05, 0.1) is 36.9 Å².